The number of likely N-dealkylation sites (tertiary alicyclic amines) is 1. The van der Waals surface area contributed by atoms with Crippen molar-refractivity contribution in [2.45, 2.75) is 56.9 Å². The van der Waals surface area contributed by atoms with Crippen molar-refractivity contribution in [3.63, 3.8) is 0 Å². The largest absolute Gasteiger partial charge is 0.342 e. The van der Waals surface area contributed by atoms with Crippen LogP contribution in [0.2, 0.25) is 0 Å². The molecule has 1 saturated heterocycles. The van der Waals surface area contributed by atoms with E-state index in [1.807, 2.05) is 30.0 Å². The summed E-state index contributed by atoms with van der Waals surface area (Å²) in [5, 5.41) is 2.82. The van der Waals surface area contributed by atoms with Crippen LogP contribution in [0, 0.1) is 5.92 Å². The number of nitrogens with one attached hydrogen (secondary N) is 1. The minimum absolute atomic E-state index is 0.00231. The highest BCUT2D eigenvalue weighted by Gasteiger charge is 2.46. The van der Waals surface area contributed by atoms with E-state index in [0.29, 0.717) is 37.7 Å². The Morgan fingerprint density at radius 3 is 2.42 bits per heavy atom. The second kappa shape index (κ2) is 6.86. The number of carbonyl (C=O) groups excluding carboxylic acids is 2. The molecule has 138 valence electrons. The number of piperidine rings is 1. The normalized spacial score (nSPS) is 23.8. The highest BCUT2D eigenvalue weighted by molar-refractivity contribution is 6.07. The Bertz CT molecular complexity index is 714. The maximum Gasteiger partial charge on any atom is 0.253 e. The topological polar surface area (TPSA) is 61.8 Å². The molecule has 2 heterocycles. The van der Waals surface area contributed by atoms with Crippen LogP contribution in [0.15, 0.2) is 35.3 Å². The molecule has 1 unspecified atom stereocenters. The second-order valence-corrected chi connectivity index (χ2v) is 7.94. The molecule has 2 fully saturated rings. The van der Waals surface area contributed by atoms with E-state index in [-0.39, 0.29) is 17.7 Å². The zero-order chi connectivity index (χ0) is 18.1. The summed E-state index contributed by atoms with van der Waals surface area (Å²) < 4.78 is 0. The van der Waals surface area contributed by atoms with E-state index < -0.39 is 5.54 Å². The van der Waals surface area contributed by atoms with E-state index in [9.17, 15) is 9.59 Å². The van der Waals surface area contributed by atoms with Crippen LogP contribution in [0.4, 0.5) is 0 Å². The number of hydrogen-bond acceptors (Lipinski definition) is 3. The van der Waals surface area contributed by atoms with Gasteiger partial charge in [0.05, 0.1) is 5.92 Å². The lowest BCUT2D eigenvalue weighted by molar-refractivity contribution is -0.138. The highest BCUT2D eigenvalue weighted by Crippen LogP contribution is 2.39. The Balaban J connectivity index is 1.51. The first-order valence-electron chi connectivity index (χ1n) is 9.81. The van der Waals surface area contributed by atoms with E-state index in [2.05, 4.69) is 22.4 Å². The smallest absolute Gasteiger partial charge is 0.253 e. The number of benzene rings is 1. The molecule has 1 aromatic carbocycles. The molecule has 26 heavy (non-hydrogen) atoms. The van der Waals surface area contributed by atoms with Crippen LogP contribution in [-0.4, -0.2) is 41.2 Å². The van der Waals surface area contributed by atoms with E-state index in [1.54, 1.807) is 0 Å². The van der Waals surface area contributed by atoms with Gasteiger partial charge in [-0.3, -0.25) is 14.6 Å². The fourth-order valence-corrected chi connectivity index (χ4v) is 4.88. The van der Waals surface area contributed by atoms with E-state index in [1.165, 1.54) is 12.8 Å². The fraction of sp³-hybridized carbons (Fsp3) is 0.571. The molecule has 2 aliphatic heterocycles. The Labute approximate surface area is 154 Å². The molecular weight excluding hydrogens is 326 g/mol. The number of nitrogens with zero attached hydrogens (tertiary/aromatic N) is 2. The first kappa shape index (κ1) is 17.3. The summed E-state index contributed by atoms with van der Waals surface area (Å²) in [7, 11) is 0. The molecule has 1 atom stereocenters. The Morgan fingerprint density at radius 1 is 1.19 bits per heavy atom. The molecule has 1 spiro atoms. The molecule has 1 aliphatic carbocycles. The zero-order valence-electron chi connectivity index (χ0n) is 15.4. The van der Waals surface area contributed by atoms with Crippen molar-refractivity contribution in [3.8, 4) is 0 Å². The van der Waals surface area contributed by atoms with Gasteiger partial charge in [0.15, 0.2) is 0 Å². The SMILES string of the molecule is CC1=NC2(CCN(C(=O)C(c3ccccc3)C3CCCC3)CC2)C(=O)N1. The van der Waals surface area contributed by atoms with Crippen LogP contribution in [-0.2, 0) is 9.59 Å². The average molecular weight is 353 g/mol. The number of amidine groups is 1. The average Bonchev–Trinajstić information content (AvgIpc) is 3.25. The molecule has 3 aliphatic rings. The highest BCUT2D eigenvalue weighted by atomic mass is 16.2. The van der Waals surface area contributed by atoms with Gasteiger partial charge in [0.1, 0.15) is 11.4 Å². The molecule has 1 N–H and O–H groups in total. The number of hydrogen-bond donors (Lipinski definition) is 1. The van der Waals surface area contributed by atoms with Gasteiger partial charge in [0.25, 0.3) is 5.91 Å². The lowest BCUT2D eigenvalue weighted by Crippen LogP contribution is -2.51. The van der Waals surface area contributed by atoms with E-state index in [0.717, 1.165) is 18.4 Å². The summed E-state index contributed by atoms with van der Waals surface area (Å²) in [4.78, 5) is 32.2. The number of carbonyl (C=O) groups is 2. The van der Waals surface area contributed by atoms with Crippen LogP contribution in [0.25, 0.3) is 0 Å². The predicted octanol–water partition coefficient (Wildman–Crippen LogP) is 2.87. The minimum atomic E-state index is -0.642. The van der Waals surface area contributed by atoms with Gasteiger partial charge in [0, 0.05) is 13.1 Å². The number of rotatable bonds is 3. The molecule has 5 heteroatoms. The van der Waals surface area contributed by atoms with Crippen molar-refractivity contribution < 1.29 is 9.59 Å². The van der Waals surface area contributed by atoms with Crippen LogP contribution in [0.5, 0.6) is 0 Å². The summed E-state index contributed by atoms with van der Waals surface area (Å²) in [5.41, 5.74) is 0.494. The summed E-state index contributed by atoms with van der Waals surface area (Å²) in [6.07, 6.45) is 5.95. The number of aliphatic imine (C=N–C) groups is 1. The van der Waals surface area contributed by atoms with Gasteiger partial charge in [-0.25, -0.2) is 0 Å². The lowest BCUT2D eigenvalue weighted by Gasteiger charge is -2.38. The van der Waals surface area contributed by atoms with Gasteiger partial charge in [-0.2, -0.15) is 0 Å². The third-order valence-corrected chi connectivity index (χ3v) is 6.30. The maximum absolute atomic E-state index is 13.4. The quantitative estimate of drug-likeness (QED) is 0.908. The number of amides is 2. The van der Waals surface area contributed by atoms with Crippen LogP contribution >= 0.6 is 0 Å². The molecule has 0 aromatic heterocycles. The van der Waals surface area contributed by atoms with E-state index >= 15 is 0 Å². The Hall–Kier alpha value is -2.17. The van der Waals surface area contributed by atoms with Crippen LogP contribution < -0.4 is 5.32 Å². The summed E-state index contributed by atoms with van der Waals surface area (Å²) in [6.45, 7) is 3.05. The summed E-state index contributed by atoms with van der Waals surface area (Å²) in [5.74, 6) is 1.32. The molecule has 5 nitrogen and oxygen atoms in total. The molecular formula is C21H27N3O2. The second-order valence-electron chi connectivity index (χ2n) is 7.94. The van der Waals surface area contributed by atoms with E-state index in [4.69, 9.17) is 0 Å². The van der Waals surface area contributed by atoms with Gasteiger partial charge in [-0.05, 0) is 44.1 Å². The third kappa shape index (κ3) is 3.04. The zero-order valence-corrected chi connectivity index (χ0v) is 15.4. The molecule has 2 amide bonds. The van der Waals surface area contributed by atoms with Gasteiger partial charge in [-0.15, -0.1) is 0 Å². The monoisotopic (exact) mass is 353 g/mol. The van der Waals surface area contributed by atoms with Gasteiger partial charge in [-0.1, -0.05) is 43.2 Å². The predicted molar refractivity (Wildman–Crippen MR) is 101 cm³/mol. The van der Waals surface area contributed by atoms with Crippen molar-refractivity contribution in [2.24, 2.45) is 10.9 Å². The molecule has 1 saturated carbocycles. The van der Waals surface area contributed by atoms with Crippen molar-refractivity contribution in [3.05, 3.63) is 35.9 Å². The van der Waals surface area contributed by atoms with Crippen LogP contribution in [0.3, 0.4) is 0 Å². The van der Waals surface area contributed by atoms with Crippen LogP contribution in [0.1, 0.15) is 56.9 Å². The minimum Gasteiger partial charge on any atom is -0.342 e. The van der Waals surface area contributed by atoms with Gasteiger partial charge >= 0.3 is 0 Å². The molecule has 0 radical (unpaired) electrons. The van der Waals surface area contributed by atoms with Crippen molar-refractivity contribution in [1.82, 2.24) is 10.2 Å². The first-order valence-corrected chi connectivity index (χ1v) is 9.81. The van der Waals surface area contributed by atoms with Crippen molar-refractivity contribution >= 4 is 17.6 Å². The molecule has 4 rings (SSSR count). The summed E-state index contributed by atoms with van der Waals surface area (Å²) in [6, 6.07) is 10.2. The Kier molecular flexibility index (Phi) is 4.55. The third-order valence-electron chi connectivity index (χ3n) is 6.30. The van der Waals surface area contributed by atoms with Crippen molar-refractivity contribution in [1.29, 1.82) is 0 Å². The Morgan fingerprint density at radius 2 is 1.85 bits per heavy atom. The van der Waals surface area contributed by atoms with Crippen molar-refractivity contribution in [2.75, 3.05) is 13.1 Å². The maximum atomic E-state index is 13.4. The van der Waals surface area contributed by atoms with Gasteiger partial charge in [0.2, 0.25) is 5.91 Å². The first-order chi connectivity index (χ1) is 12.6. The van der Waals surface area contributed by atoms with Gasteiger partial charge < -0.3 is 10.2 Å². The fourth-order valence-electron chi connectivity index (χ4n) is 4.88. The molecule has 1 aromatic rings. The lowest BCUT2D eigenvalue weighted by atomic mass is 9.82. The standard InChI is InChI=1S/C21H27N3O2/c1-15-22-20(26)21(23-15)11-13-24(14-12-21)19(25)18(17-9-5-6-10-17)16-7-3-2-4-8-16/h2-4,7-8,17-18H,5-6,9-14H2,1H3,(H,22,23,26). The summed E-state index contributed by atoms with van der Waals surface area (Å²) >= 11 is 0. The molecule has 0 bridgehead atoms.